The Morgan fingerprint density at radius 3 is 2.41 bits per heavy atom. The number of amides is 3. The standard InChI is InChI=1S/C23H24N4O3S2/c1-15-3-7-18(8-4-15)25-21(28)13-32-16(2)23(30)27-14-31-12-20(27)22(29)26-19-9-5-17(11-24)6-10-19/h3-10,16,20H,12-14H2,1-2H3,(H,25,28)(H,26,29). The number of carbonyl (C=O) groups excluding carboxylic acids is 3. The molecule has 1 aliphatic rings. The third-order valence-corrected chi connectivity index (χ3v) is 7.04. The van der Waals surface area contributed by atoms with Crippen LogP contribution in [0, 0.1) is 18.3 Å². The van der Waals surface area contributed by atoms with Crippen LogP contribution in [0.2, 0.25) is 0 Å². The Balaban J connectivity index is 1.51. The maximum absolute atomic E-state index is 12.9. The lowest BCUT2D eigenvalue weighted by Crippen LogP contribution is -2.47. The van der Waals surface area contributed by atoms with Gasteiger partial charge in [-0.2, -0.15) is 5.26 Å². The minimum atomic E-state index is -0.576. The van der Waals surface area contributed by atoms with Gasteiger partial charge in [0.1, 0.15) is 6.04 Å². The third-order valence-electron chi connectivity index (χ3n) is 4.90. The minimum absolute atomic E-state index is 0.143. The van der Waals surface area contributed by atoms with Crippen LogP contribution in [-0.2, 0) is 14.4 Å². The Kier molecular flexibility index (Phi) is 8.20. The molecule has 0 spiro atoms. The highest BCUT2D eigenvalue weighted by Gasteiger charge is 2.36. The molecule has 0 bridgehead atoms. The first-order valence-electron chi connectivity index (χ1n) is 10.0. The smallest absolute Gasteiger partial charge is 0.248 e. The monoisotopic (exact) mass is 468 g/mol. The highest BCUT2D eigenvalue weighted by atomic mass is 32.2. The van der Waals surface area contributed by atoms with Crippen molar-refractivity contribution in [1.29, 1.82) is 5.26 Å². The fraction of sp³-hybridized carbons (Fsp3) is 0.304. The lowest BCUT2D eigenvalue weighted by atomic mass is 10.2. The number of anilines is 2. The summed E-state index contributed by atoms with van der Waals surface area (Å²) in [7, 11) is 0. The number of aryl methyl sites for hydroxylation is 1. The van der Waals surface area contributed by atoms with E-state index in [9.17, 15) is 14.4 Å². The van der Waals surface area contributed by atoms with E-state index in [0.717, 1.165) is 11.3 Å². The number of nitrogens with one attached hydrogen (secondary N) is 2. The van der Waals surface area contributed by atoms with Gasteiger partial charge in [0.2, 0.25) is 17.7 Å². The second kappa shape index (κ2) is 11.1. The molecule has 2 atom stereocenters. The minimum Gasteiger partial charge on any atom is -0.325 e. The topological polar surface area (TPSA) is 102 Å². The highest BCUT2D eigenvalue weighted by Crippen LogP contribution is 2.26. The van der Waals surface area contributed by atoms with Crippen LogP contribution < -0.4 is 10.6 Å². The van der Waals surface area contributed by atoms with Gasteiger partial charge in [0, 0.05) is 17.1 Å². The molecule has 2 N–H and O–H groups in total. The molecule has 2 aromatic carbocycles. The van der Waals surface area contributed by atoms with Crippen molar-refractivity contribution in [2.24, 2.45) is 0 Å². The largest absolute Gasteiger partial charge is 0.325 e. The Morgan fingerprint density at radius 1 is 1.12 bits per heavy atom. The molecule has 3 amide bonds. The van der Waals surface area contributed by atoms with Gasteiger partial charge in [0.15, 0.2) is 0 Å². The van der Waals surface area contributed by atoms with E-state index in [0.29, 0.717) is 22.9 Å². The highest BCUT2D eigenvalue weighted by molar-refractivity contribution is 8.01. The Hall–Kier alpha value is -2.96. The first-order valence-corrected chi connectivity index (χ1v) is 12.2. The second-order valence-electron chi connectivity index (χ2n) is 7.37. The average molecular weight is 469 g/mol. The van der Waals surface area contributed by atoms with Crippen LogP contribution in [0.15, 0.2) is 48.5 Å². The van der Waals surface area contributed by atoms with Gasteiger partial charge in [-0.25, -0.2) is 0 Å². The second-order valence-corrected chi connectivity index (χ2v) is 9.70. The number of rotatable bonds is 7. The third kappa shape index (κ3) is 6.28. The number of thioether (sulfide) groups is 2. The molecule has 0 aliphatic carbocycles. The number of nitriles is 1. The molecule has 2 unspecified atom stereocenters. The molecule has 1 saturated heterocycles. The Labute approximate surface area is 195 Å². The summed E-state index contributed by atoms with van der Waals surface area (Å²) in [6, 6.07) is 15.6. The summed E-state index contributed by atoms with van der Waals surface area (Å²) in [5.74, 6) is 0.489. The van der Waals surface area contributed by atoms with Crippen molar-refractivity contribution in [3.05, 3.63) is 59.7 Å². The van der Waals surface area contributed by atoms with Crippen molar-refractivity contribution >= 4 is 52.6 Å². The van der Waals surface area contributed by atoms with Gasteiger partial charge in [-0.1, -0.05) is 17.7 Å². The van der Waals surface area contributed by atoms with Gasteiger partial charge >= 0.3 is 0 Å². The molecule has 166 valence electrons. The Bertz CT molecular complexity index is 1020. The van der Waals surface area contributed by atoms with Crippen molar-refractivity contribution in [2.75, 3.05) is 28.0 Å². The summed E-state index contributed by atoms with van der Waals surface area (Å²) in [6.45, 7) is 3.73. The van der Waals surface area contributed by atoms with Gasteiger partial charge in [-0.15, -0.1) is 23.5 Å². The van der Waals surface area contributed by atoms with Gasteiger partial charge in [0.05, 0.1) is 28.5 Å². The van der Waals surface area contributed by atoms with Crippen molar-refractivity contribution < 1.29 is 14.4 Å². The maximum atomic E-state index is 12.9. The molecule has 1 aliphatic heterocycles. The molecule has 0 aromatic heterocycles. The predicted octanol–water partition coefficient (Wildman–Crippen LogP) is 3.47. The molecule has 0 saturated carbocycles. The lowest BCUT2D eigenvalue weighted by Gasteiger charge is -2.25. The van der Waals surface area contributed by atoms with Crippen LogP contribution in [0.3, 0.4) is 0 Å². The zero-order valence-electron chi connectivity index (χ0n) is 17.8. The van der Waals surface area contributed by atoms with Crippen LogP contribution in [-0.4, -0.2) is 51.3 Å². The molecular formula is C23H24N4O3S2. The quantitative estimate of drug-likeness (QED) is 0.645. The summed E-state index contributed by atoms with van der Waals surface area (Å²) in [6.07, 6.45) is 0. The lowest BCUT2D eigenvalue weighted by molar-refractivity contribution is -0.135. The van der Waals surface area contributed by atoms with Gasteiger partial charge in [-0.05, 0) is 50.2 Å². The summed E-state index contributed by atoms with van der Waals surface area (Å²) in [5.41, 5.74) is 2.91. The van der Waals surface area contributed by atoms with Crippen molar-refractivity contribution in [1.82, 2.24) is 4.90 Å². The van der Waals surface area contributed by atoms with Crippen molar-refractivity contribution in [3.8, 4) is 6.07 Å². The number of benzene rings is 2. The summed E-state index contributed by atoms with van der Waals surface area (Å²) in [4.78, 5) is 39.5. The number of hydrogen-bond donors (Lipinski definition) is 2. The van der Waals surface area contributed by atoms with Crippen LogP contribution in [0.4, 0.5) is 11.4 Å². The fourth-order valence-corrected chi connectivity index (χ4v) is 4.99. The first-order chi connectivity index (χ1) is 15.4. The van der Waals surface area contributed by atoms with E-state index in [1.165, 1.54) is 23.5 Å². The van der Waals surface area contributed by atoms with Crippen LogP contribution >= 0.6 is 23.5 Å². The van der Waals surface area contributed by atoms with E-state index < -0.39 is 11.3 Å². The number of hydrogen-bond acceptors (Lipinski definition) is 6. The van der Waals surface area contributed by atoms with E-state index in [1.807, 2.05) is 37.3 Å². The van der Waals surface area contributed by atoms with E-state index in [-0.39, 0.29) is 23.5 Å². The fourth-order valence-electron chi connectivity index (χ4n) is 3.07. The van der Waals surface area contributed by atoms with Crippen LogP contribution in [0.1, 0.15) is 18.1 Å². The van der Waals surface area contributed by atoms with E-state index in [1.54, 1.807) is 36.1 Å². The molecule has 32 heavy (non-hydrogen) atoms. The molecule has 1 heterocycles. The molecule has 0 radical (unpaired) electrons. The van der Waals surface area contributed by atoms with Gasteiger partial charge in [-0.3, -0.25) is 14.4 Å². The molecule has 9 heteroatoms. The zero-order chi connectivity index (χ0) is 23.1. The maximum Gasteiger partial charge on any atom is 0.248 e. The first kappa shape index (κ1) is 23.7. The summed E-state index contributed by atoms with van der Waals surface area (Å²) >= 11 is 2.77. The van der Waals surface area contributed by atoms with E-state index in [4.69, 9.17) is 5.26 Å². The number of carbonyl (C=O) groups is 3. The molecule has 3 rings (SSSR count). The van der Waals surface area contributed by atoms with E-state index >= 15 is 0 Å². The SMILES string of the molecule is Cc1ccc(NC(=O)CSC(C)C(=O)N2CSCC2C(=O)Nc2ccc(C#N)cc2)cc1. The molecule has 1 fully saturated rings. The van der Waals surface area contributed by atoms with Crippen LogP contribution in [0.25, 0.3) is 0 Å². The van der Waals surface area contributed by atoms with Gasteiger partial charge in [0.25, 0.3) is 0 Å². The summed E-state index contributed by atoms with van der Waals surface area (Å²) < 4.78 is 0. The van der Waals surface area contributed by atoms with E-state index in [2.05, 4.69) is 10.6 Å². The molecule has 2 aromatic rings. The molecular weight excluding hydrogens is 444 g/mol. The van der Waals surface area contributed by atoms with Gasteiger partial charge < -0.3 is 15.5 Å². The average Bonchev–Trinajstić information content (AvgIpc) is 3.29. The number of nitrogens with zero attached hydrogens (tertiary/aromatic N) is 2. The van der Waals surface area contributed by atoms with Crippen LogP contribution in [0.5, 0.6) is 0 Å². The Morgan fingerprint density at radius 2 is 1.75 bits per heavy atom. The predicted molar refractivity (Wildman–Crippen MR) is 129 cm³/mol. The summed E-state index contributed by atoms with van der Waals surface area (Å²) in [5, 5.41) is 14.1. The molecule has 7 nitrogen and oxygen atoms in total. The normalized spacial score (nSPS) is 16.2. The van der Waals surface area contributed by atoms with Crippen molar-refractivity contribution in [2.45, 2.75) is 25.1 Å². The zero-order valence-corrected chi connectivity index (χ0v) is 19.5. The van der Waals surface area contributed by atoms with Crippen molar-refractivity contribution in [3.63, 3.8) is 0 Å².